The number of aliphatic imine (C=N–C) groups is 2. The second kappa shape index (κ2) is 15.7. The zero-order valence-corrected chi connectivity index (χ0v) is 29.0. The van der Waals surface area contributed by atoms with Crippen LogP contribution >= 0.6 is 0 Å². The first-order chi connectivity index (χ1) is 20.8. The fourth-order valence-electron chi connectivity index (χ4n) is 5.45. The Labute approximate surface area is 266 Å². The zero-order valence-electron chi connectivity index (χ0n) is 29.0. The first kappa shape index (κ1) is 34.5. The molecule has 0 bridgehead atoms. The highest BCUT2D eigenvalue weighted by molar-refractivity contribution is 5.96. The molecule has 234 valence electrons. The summed E-state index contributed by atoms with van der Waals surface area (Å²) in [6.07, 6.45) is 4.14. The van der Waals surface area contributed by atoms with Crippen LogP contribution in [0.25, 0.3) is 0 Å². The third-order valence-electron chi connectivity index (χ3n) is 7.54. The molecule has 0 radical (unpaired) electrons. The van der Waals surface area contributed by atoms with Crippen molar-refractivity contribution in [2.45, 2.75) is 107 Å². The van der Waals surface area contributed by atoms with Crippen molar-refractivity contribution in [3.05, 3.63) is 100 Å². The van der Waals surface area contributed by atoms with Crippen molar-refractivity contribution in [3.8, 4) is 0 Å². The molecular formula is C39H53N5. The number of para-hydroxylation sites is 2. The quantitative estimate of drug-likeness (QED) is 0.206. The fraction of sp³-hybridized carbons (Fsp3) is 0.410. The van der Waals surface area contributed by atoms with E-state index >= 15 is 0 Å². The van der Waals surface area contributed by atoms with Crippen LogP contribution in [0.5, 0.6) is 0 Å². The molecule has 3 aromatic rings. The van der Waals surface area contributed by atoms with E-state index in [9.17, 15) is 0 Å². The number of aromatic nitrogens is 1. The van der Waals surface area contributed by atoms with E-state index in [4.69, 9.17) is 15.0 Å². The number of nitrogens with zero attached hydrogens (tertiary/aromatic N) is 3. The molecule has 2 aromatic carbocycles. The second-order valence-electron chi connectivity index (χ2n) is 13.0. The van der Waals surface area contributed by atoms with E-state index in [1.807, 2.05) is 32.0 Å². The Morgan fingerprint density at radius 2 is 0.818 bits per heavy atom. The fourth-order valence-corrected chi connectivity index (χ4v) is 5.45. The first-order valence-corrected chi connectivity index (χ1v) is 16.0. The van der Waals surface area contributed by atoms with E-state index in [0.717, 1.165) is 22.8 Å². The summed E-state index contributed by atoms with van der Waals surface area (Å²) in [5.41, 5.74) is 11.5. The molecule has 0 aliphatic heterocycles. The van der Waals surface area contributed by atoms with Crippen molar-refractivity contribution >= 4 is 34.4 Å². The summed E-state index contributed by atoms with van der Waals surface area (Å²) in [7, 11) is 0. The summed E-state index contributed by atoms with van der Waals surface area (Å²) in [4.78, 5) is 14.3. The van der Waals surface area contributed by atoms with Gasteiger partial charge in [-0.1, -0.05) is 97.9 Å². The molecule has 5 heteroatoms. The second-order valence-corrected chi connectivity index (χ2v) is 13.0. The third kappa shape index (κ3) is 9.51. The van der Waals surface area contributed by atoms with Gasteiger partial charge in [0.1, 0.15) is 0 Å². The average molecular weight is 592 g/mol. The molecule has 0 amide bonds. The minimum Gasteiger partial charge on any atom is -0.359 e. The standard InChI is InChI=1S/C39H53N5/c1-24(2)32-16-13-17-33(25(3)4)38(32)42-30(11)22-28(9)40-36-20-15-21-37(44-36)41-29(10)23-31(12)43-39-34(26(5)6)18-14-19-35(39)27(7)8/h13-27,42-43H,1-12H3/b30-22-,31-23?,40-28?,41-29?. The Hall–Kier alpha value is -3.99. The number of allylic oxidation sites excluding steroid dienone is 4. The highest BCUT2D eigenvalue weighted by Gasteiger charge is 2.15. The Morgan fingerprint density at radius 1 is 0.523 bits per heavy atom. The zero-order chi connectivity index (χ0) is 32.6. The Balaban J connectivity index is 1.81. The van der Waals surface area contributed by atoms with E-state index in [0.29, 0.717) is 35.3 Å². The maximum absolute atomic E-state index is 4.78. The lowest BCUT2D eigenvalue weighted by Gasteiger charge is -2.21. The average Bonchev–Trinajstić information content (AvgIpc) is 2.92. The van der Waals surface area contributed by atoms with Crippen molar-refractivity contribution in [3.63, 3.8) is 0 Å². The van der Waals surface area contributed by atoms with Crippen LogP contribution in [0.2, 0.25) is 0 Å². The molecule has 3 rings (SSSR count). The van der Waals surface area contributed by atoms with E-state index in [2.05, 4.69) is 128 Å². The Bertz CT molecular complexity index is 1390. The SMILES string of the molecule is CC(=CC(C)=Nc1cccc(N=C(C)/C=C(/C)Nc2c(C(C)C)cccc2C(C)C)n1)Nc1c(C(C)C)cccc1C(C)C. The molecule has 0 saturated carbocycles. The largest absolute Gasteiger partial charge is 0.359 e. The normalized spacial score (nSPS) is 13.5. The van der Waals surface area contributed by atoms with Gasteiger partial charge in [0.15, 0.2) is 11.6 Å². The molecule has 0 aliphatic carbocycles. The van der Waals surface area contributed by atoms with Crippen LogP contribution < -0.4 is 10.6 Å². The van der Waals surface area contributed by atoms with Crippen LogP contribution in [0.1, 0.15) is 129 Å². The highest BCUT2D eigenvalue weighted by atomic mass is 15.0. The molecule has 1 heterocycles. The van der Waals surface area contributed by atoms with Gasteiger partial charge in [0.2, 0.25) is 0 Å². The minimum absolute atomic E-state index is 0.428. The maximum Gasteiger partial charge on any atom is 0.154 e. The number of nitrogens with one attached hydrogen (secondary N) is 2. The van der Waals surface area contributed by atoms with Gasteiger partial charge in [-0.2, -0.15) is 0 Å². The van der Waals surface area contributed by atoms with Crippen molar-refractivity contribution in [1.29, 1.82) is 0 Å². The van der Waals surface area contributed by atoms with Crippen molar-refractivity contribution in [2.75, 3.05) is 10.6 Å². The summed E-state index contributed by atoms with van der Waals surface area (Å²) in [5.74, 6) is 2.99. The van der Waals surface area contributed by atoms with Crippen LogP contribution in [0.15, 0.2) is 88.1 Å². The van der Waals surface area contributed by atoms with Crippen LogP contribution in [-0.2, 0) is 0 Å². The van der Waals surface area contributed by atoms with Gasteiger partial charge in [-0.05, 0) is 97.9 Å². The number of anilines is 2. The summed E-state index contributed by atoms with van der Waals surface area (Å²) < 4.78 is 0. The van der Waals surface area contributed by atoms with Crippen LogP contribution in [0.4, 0.5) is 23.0 Å². The van der Waals surface area contributed by atoms with Crippen LogP contribution in [-0.4, -0.2) is 16.4 Å². The van der Waals surface area contributed by atoms with Gasteiger partial charge in [-0.15, -0.1) is 0 Å². The molecule has 44 heavy (non-hydrogen) atoms. The van der Waals surface area contributed by atoms with Crippen molar-refractivity contribution < 1.29 is 0 Å². The molecule has 0 aliphatic rings. The van der Waals surface area contributed by atoms with E-state index < -0.39 is 0 Å². The third-order valence-corrected chi connectivity index (χ3v) is 7.54. The topological polar surface area (TPSA) is 61.7 Å². The molecule has 5 nitrogen and oxygen atoms in total. The summed E-state index contributed by atoms with van der Waals surface area (Å²) in [5, 5.41) is 7.35. The molecule has 1 aromatic heterocycles. The molecule has 0 unspecified atom stereocenters. The number of pyridine rings is 1. The number of rotatable bonds is 12. The maximum atomic E-state index is 4.78. The number of hydrogen-bond donors (Lipinski definition) is 2. The monoisotopic (exact) mass is 591 g/mol. The molecule has 2 N–H and O–H groups in total. The molecule has 0 saturated heterocycles. The van der Waals surface area contributed by atoms with E-state index in [1.165, 1.54) is 33.6 Å². The Kier molecular flexibility index (Phi) is 12.3. The van der Waals surface area contributed by atoms with Gasteiger partial charge in [0, 0.05) is 34.2 Å². The highest BCUT2D eigenvalue weighted by Crippen LogP contribution is 2.34. The van der Waals surface area contributed by atoms with Gasteiger partial charge < -0.3 is 10.6 Å². The number of hydrogen-bond acceptors (Lipinski definition) is 5. The molecular weight excluding hydrogens is 538 g/mol. The van der Waals surface area contributed by atoms with Gasteiger partial charge in [-0.3, -0.25) is 0 Å². The lowest BCUT2D eigenvalue weighted by Crippen LogP contribution is -2.07. The van der Waals surface area contributed by atoms with E-state index in [1.54, 1.807) is 0 Å². The lowest BCUT2D eigenvalue weighted by atomic mass is 9.92. The van der Waals surface area contributed by atoms with Crippen LogP contribution in [0.3, 0.4) is 0 Å². The van der Waals surface area contributed by atoms with E-state index in [-0.39, 0.29) is 0 Å². The number of benzene rings is 2. The van der Waals surface area contributed by atoms with Crippen molar-refractivity contribution in [1.82, 2.24) is 4.98 Å². The van der Waals surface area contributed by atoms with Gasteiger partial charge >= 0.3 is 0 Å². The predicted octanol–water partition coefficient (Wildman–Crippen LogP) is 11.8. The first-order valence-electron chi connectivity index (χ1n) is 16.0. The van der Waals surface area contributed by atoms with Gasteiger partial charge in [0.05, 0.1) is 0 Å². The predicted molar refractivity (Wildman–Crippen MR) is 194 cm³/mol. The van der Waals surface area contributed by atoms with Gasteiger partial charge in [0.25, 0.3) is 0 Å². The summed E-state index contributed by atoms with van der Waals surface area (Å²) >= 11 is 0. The molecule has 0 atom stereocenters. The molecule has 0 fully saturated rings. The minimum atomic E-state index is 0.428. The molecule has 0 spiro atoms. The summed E-state index contributed by atoms with van der Waals surface area (Å²) in [6.45, 7) is 26.1. The van der Waals surface area contributed by atoms with Crippen LogP contribution in [0, 0.1) is 0 Å². The lowest BCUT2D eigenvalue weighted by molar-refractivity contribution is 0.837. The van der Waals surface area contributed by atoms with Crippen molar-refractivity contribution in [2.24, 2.45) is 9.98 Å². The summed E-state index contributed by atoms with van der Waals surface area (Å²) in [6, 6.07) is 19.0. The van der Waals surface area contributed by atoms with Gasteiger partial charge in [-0.25, -0.2) is 15.0 Å². The smallest absolute Gasteiger partial charge is 0.154 e. The Morgan fingerprint density at radius 3 is 1.11 bits per heavy atom.